The number of carbonyl (C=O) groups excluding carboxylic acids is 1. The Morgan fingerprint density at radius 2 is 1.94 bits per heavy atom. The summed E-state index contributed by atoms with van der Waals surface area (Å²) < 4.78 is 33.8. The summed E-state index contributed by atoms with van der Waals surface area (Å²) in [7, 11) is 2.07. The van der Waals surface area contributed by atoms with Crippen LogP contribution in [-0.2, 0) is 4.79 Å². The van der Waals surface area contributed by atoms with Gasteiger partial charge in [-0.25, -0.2) is 13.8 Å². The second-order valence-electron chi connectivity index (χ2n) is 9.11. The van der Waals surface area contributed by atoms with E-state index >= 15 is 0 Å². The second kappa shape index (κ2) is 8.02. The highest BCUT2D eigenvalue weighted by Gasteiger charge is 2.46. The maximum absolute atomic E-state index is 14.5. The molecule has 2 aliphatic rings. The fraction of sp³-hybridized carbons (Fsp3) is 0.320. The fourth-order valence-electron chi connectivity index (χ4n) is 4.85. The van der Waals surface area contributed by atoms with Gasteiger partial charge in [-0.1, -0.05) is 17.3 Å². The van der Waals surface area contributed by atoms with Crippen molar-refractivity contribution in [2.24, 2.45) is 5.92 Å². The topological polar surface area (TPSA) is 78.3 Å². The van der Waals surface area contributed by atoms with Gasteiger partial charge in [-0.15, -0.1) is 0 Å². The highest BCUT2D eigenvalue weighted by atomic mass is 19.2. The Bertz CT molecular complexity index is 1390. The third-order valence-electron chi connectivity index (χ3n) is 6.96. The summed E-state index contributed by atoms with van der Waals surface area (Å²) in [5, 5.41) is 4.62. The number of halogens is 2. The van der Waals surface area contributed by atoms with Crippen molar-refractivity contribution < 1.29 is 18.1 Å². The monoisotopic (exact) mass is 463 g/mol. The largest absolute Gasteiger partial charge is 0.356 e. The van der Waals surface area contributed by atoms with Gasteiger partial charge >= 0.3 is 0 Å². The quantitative estimate of drug-likeness (QED) is 0.494. The Labute approximate surface area is 194 Å². The Kier molecular flexibility index (Phi) is 4.95. The van der Waals surface area contributed by atoms with Gasteiger partial charge in [0.25, 0.3) is 0 Å². The molecule has 3 aromatic heterocycles. The van der Waals surface area contributed by atoms with Gasteiger partial charge in [-0.05, 0) is 37.1 Å². The summed E-state index contributed by atoms with van der Waals surface area (Å²) in [6.45, 7) is 3.33. The number of carbonyl (C=O) groups is 1. The summed E-state index contributed by atoms with van der Waals surface area (Å²) in [5.41, 5.74) is 2.72. The van der Waals surface area contributed by atoms with Crippen LogP contribution in [0, 0.1) is 17.6 Å². The number of aromatic amines is 1. The molecular formula is C25H23F2N5O2. The third kappa shape index (κ3) is 3.47. The van der Waals surface area contributed by atoms with Crippen LogP contribution in [0.15, 0.2) is 47.4 Å². The van der Waals surface area contributed by atoms with Crippen molar-refractivity contribution in [3.63, 3.8) is 0 Å². The fourth-order valence-corrected chi connectivity index (χ4v) is 4.85. The number of hydrogen-bond donors (Lipinski definition) is 1. The molecule has 2 atom stereocenters. The van der Waals surface area contributed by atoms with E-state index in [0.29, 0.717) is 22.5 Å². The van der Waals surface area contributed by atoms with Crippen molar-refractivity contribution in [2.75, 3.05) is 33.2 Å². The van der Waals surface area contributed by atoms with Crippen LogP contribution in [0.4, 0.5) is 8.78 Å². The van der Waals surface area contributed by atoms with Crippen LogP contribution in [0.2, 0.25) is 0 Å². The molecule has 2 fully saturated rings. The van der Waals surface area contributed by atoms with E-state index in [9.17, 15) is 13.6 Å². The molecule has 1 N–H and O–H groups in total. The predicted octanol–water partition coefficient (Wildman–Crippen LogP) is 4.04. The smallest absolute Gasteiger partial charge is 0.226 e. The first-order valence-electron chi connectivity index (χ1n) is 11.3. The molecular weight excluding hydrogens is 440 g/mol. The Balaban J connectivity index is 1.31. The Hall–Kier alpha value is -3.59. The van der Waals surface area contributed by atoms with Crippen molar-refractivity contribution in [1.29, 1.82) is 0 Å². The van der Waals surface area contributed by atoms with Gasteiger partial charge in [-0.2, -0.15) is 0 Å². The lowest BCUT2D eigenvalue weighted by Gasteiger charge is -2.32. The maximum Gasteiger partial charge on any atom is 0.226 e. The number of nitrogens with zero attached hydrogens (tertiary/aromatic N) is 4. The first kappa shape index (κ1) is 21.0. The Morgan fingerprint density at radius 1 is 1.12 bits per heavy atom. The number of nitrogens with one attached hydrogen (secondary N) is 1. The molecule has 1 aromatic carbocycles. The van der Waals surface area contributed by atoms with Crippen molar-refractivity contribution in [2.45, 2.75) is 12.3 Å². The molecule has 1 amide bonds. The standard InChI is InChI=1S/C25H23F2N5O2/c1-31-5-7-32(8-6-31)25(33)18-10-16(18)14-9-17-19(12-29-24(17)28-11-14)23-20(13-30-34-23)15-3-2-4-21(26)22(15)27/h2-4,9,11-13,16,18H,5-8,10H2,1H3,(H,28,29). The normalized spacial score (nSPS) is 20.7. The molecule has 7 nitrogen and oxygen atoms in total. The zero-order valence-corrected chi connectivity index (χ0v) is 18.6. The number of pyridine rings is 1. The van der Waals surface area contributed by atoms with Crippen molar-refractivity contribution in [1.82, 2.24) is 24.9 Å². The van der Waals surface area contributed by atoms with Crippen molar-refractivity contribution in [3.8, 4) is 22.5 Å². The van der Waals surface area contributed by atoms with Gasteiger partial charge < -0.3 is 19.3 Å². The van der Waals surface area contributed by atoms with E-state index in [1.165, 1.54) is 18.3 Å². The molecule has 0 spiro atoms. The summed E-state index contributed by atoms with van der Waals surface area (Å²) in [5.74, 6) is -1.23. The SMILES string of the molecule is CN1CCN(C(=O)C2CC2c2cnc3[nH]cc(-c4oncc4-c4cccc(F)c4F)c3c2)CC1. The molecule has 4 aromatic rings. The molecule has 174 valence electrons. The van der Waals surface area contributed by atoms with Gasteiger partial charge in [0.2, 0.25) is 5.91 Å². The van der Waals surface area contributed by atoms with E-state index in [1.54, 1.807) is 12.4 Å². The number of H-pyrrole nitrogens is 1. The lowest BCUT2D eigenvalue weighted by Crippen LogP contribution is -2.47. The first-order chi connectivity index (χ1) is 16.5. The van der Waals surface area contributed by atoms with E-state index in [4.69, 9.17) is 4.52 Å². The van der Waals surface area contributed by atoms with Gasteiger partial charge in [-0.3, -0.25) is 4.79 Å². The van der Waals surface area contributed by atoms with Gasteiger partial charge in [0, 0.05) is 61.0 Å². The molecule has 2 unspecified atom stereocenters. The predicted molar refractivity (Wildman–Crippen MR) is 122 cm³/mol. The van der Waals surface area contributed by atoms with Crippen LogP contribution >= 0.6 is 0 Å². The lowest BCUT2D eigenvalue weighted by atomic mass is 10.0. The molecule has 0 radical (unpaired) electrons. The average Bonchev–Trinajstić information content (AvgIpc) is 3.31. The average molecular weight is 463 g/mol. The summed E-state index contributed by atoms with van der Waals surface area (Å²) in [4.78, 5) is 24.8. The highest BCUT2D eigenvalue weighted by molar-refractivity contribution is 5.96. The molecule has 1 aliphatic heterocycles. The van der Waals surface area contributed by atoms with Gasteiger partial charge in [0.1, 0.15) is 5.65 Å². The van der Waals surface area contributed by atoms with E-state index in [-0.39, 0.29) is 23.3 Å². The minimum absolute atomic E-state index is 0.0210. The number of benzene rings is 1. The number of rotatable bonds is 4. The molecule has 4 heterocycles. The Morgan fingerprint density at radius 3 is 2.76 bits per heavy atom. The molecule has 34 heavy (non-hydrogen) atoms. The highest BCUT2D eigenvalue weighted by Crippen LogP contribution is 2.49. The zero-order valence-electron chi connectivity index (χ0n) is 18.6. The number of fused-ring (bicyclic) bond motifs is 1. The van der Waals surface area contributed by atoms with E-state index < -0.39 is 11.6 Å². The van der Waals surface area contributed by atoms with Crippen molar-refractivity contribution in [3.05, 3.63) is 60.1 Å². The molecule has 1 aliphatic carbocycles. The van der Waals surface area contributed by atoms with Crippen LogP contribution in [0.5, 0.6) is 0 Å². The van der Waals surface area contributed by atoms with E-state index in [0.717, 1.165) is 49.6 Å². The second-order valence-corrected chi connectivity index (χ2v) is 9.11. The summed E-state index contributed by atoms with van der Waals surface area (Å²) in [6.07, 6.45) is 5.72. The number of aromatic nitrogens is 3. The minimum atomic E-state index is -0.950. The van der Waals surface area contributed by atoms with Gasteiger partial charge in [0.05, 0.1) is 11.8 Å². The zero-order chi connectivity index (χ0) is 23.4. The lowest BCUT2D eigenvalue weighted by molar-refractivity contribution is -0.134. The van der Waals surface area contributed by atoms with Gasteiger partial charge in [0.15, 0.2) is 17.4 Å². The first-order valence-corrected chi connectivity index (χ1v) is 11.3. The third-order valence-corrected chi connectivity index (χ3v) is 6.96. The summed E-state index contributed by atoms with van der Waals surface area (Å²) >= 11 is 0. The number of piperazine rings is 1. The molecule has 0 bridgehead atoms. The van der Waals surface area contributed by atoms with Crippen LogP contribution < -0.4 is 0 Å². The maximum atomic E-state index is 14.5. The van der Waals surface area contributed by atoms with Crippen molar-refractivity contribution >= 4 is 16.9 Å². The summed E-state index contributed by atoms with van der Waals surface area (Å²) in [6, 6.07) is 6.02. The van der Waals surface area contributed by atoms with Crippen LogP contribution in [0.25, 0.3) is 33.5 Å². The van der Waals surface area contributed by atoms with Crippen LogP contribution in [0.3, 0.4) is 0 Å². The van der Waals surface area contributed by atoms with Crippen LogP contribution in [-0.4, -0.2) is 64.1 Å². The van der Waals surface area contributed by atoms with Crippen LogP contribution in [0.1, 0.15) is 17.9 Å². The molecule has 9 heteroatoms. The minimum Gasteiger partial charge on any atom is -0.356 e. The van der Waals surface area contributed by atoms with E-state index in [1.807, 2.05) is 11.0 Å². The molecule has 1 saturated heterocycles. The molecule has 6 rings (SSSR count). The number of likely N-dealkylation sites (N-methyl/N-ethyl adjacent to an activating group) is 1. The van der Waals surface area contributed by atoms with E-state index in [2.05, 4.69) is 27.1 Å². The number of hydrogen-bond acceptors (Lipinski definition) is 5. The number of amides is 1. The molecule has 1 saturated carbocycles.